The van der Waals surface area contributed by atoms with E-state index < -0.39 is 0 Å². The largest absolute Gasteiger partial charge is 0.292 e. The Morgan fingerprint density at radius 1 is 1.44 bits per heavy atom. The van der Waals surface area contributed by atoms with Crippen molar-refractivity contribution < 1.29 is 4.79 Å². The molecule has 0 aliphatic heterocycles. The van der Waals surface area contributed by atoms with Crippen molar-refractivity contribution in [1.82, 2.24) is 9.78 Å². The highest BCUT2D eigenvalue weighted by molar-refractivity contribution is 9.10. The fourth-order valence-electron chi connectivity index (χ4n) is 1.57. The molecule has 0 saturated heterocycles. The fourth-order valence-corrected chi connectivity index (χ4v) is 2.02. The summed E-state index contributed by atoms with van der Waals surface area (Å²) < 4.78 is 2.59. The topological polar surface area (TPSA) is 34.9 Å². The smallest absolute Gasteiger partial charge is 0.185 e. The molecule has 0 aliphatic carbocycles. The molecule has 0 bridgehead atoms. The van der Waals surface area contributed by atoms with Gasteiger partial charge in [-0.05, 0) is 23.8 Å². The second kappa shape index (κ2) is 4.61. The molecule has 3 nitrogen and oxygen atoms in total. The van der Waals surface area contributed by atoms with Gasteiger partial charge in [-0.2, -0.15) is 5.10 Å². The molecule has 82 valence electrons. The van der Waals surface area contributed by atoms with E-state index in [0.29, 0.717) is 12.1 Å². The number of halogens is 1. The summed E-state index contributed by atoms with van der Waals surface area (Å²) in [5, 5.41) is 3.98. The van der Waals surface area contributed by atoms with E-state index in [1.807, 2.05) is 24.3 Å². The average Bonchev–Trinajstić information content (AvgIpc) is 2.64. The van der Waals surface area contributed by atoms with Crippen LogP contribution in [0.3, 0.4) is 0 Å². The van der Waals surface area contributed by atoms with Gasteiger partial charge in [0.2, 0.25) is 0 Å². The molecule has 0 radical (unpaired) electrons. The third kappa shape index (κ3) is 2.39. The minimum Gasteiger partial charge on any atom is -0.292 e. The van der Waals surface area contributed by atoms with Crippen LogP contribution in [0.1, 0.15) is 16.1 Å². The van der Waals surface area contributed by atoms with Crippen LogP contribution in [0.25, 0.3) is 0 Å². The molecule has 1 heterocycles. The van der Waals surface area contributed by atoms with Gasteiger partial charge < -0.3 is 0 Å². The highest BCUT2D eigenvalue weighted by Gasteiger charge is 2.10. The van der Waals surface area contributed by atoms with Crippen molar-refractivity contribution >= 4 is 21.7 Å². The Bertz CT molecular complexity index is 519. The average molecular weight is 279 g/mol. The normalized spacial score (nSPS) is 10.4. The molecule has 0 atom stereocenters. The van der Waals surface area contributed by atoms with E-state index >= 15 is 0 Å². The number of hydrogen-bond donors (Lipinski definition) is 0. The van der Waals surface area contributed by atoms with Crippen molar-refractivity contribution in [3.63, 3.8) is 0 Å². The van der Waals surface area contributed by atoms with Gasteiger partial charge >= 0.3 is 0 Å². The van der Waals surface area contributed by atoms with Gasteiger partial charge in [-0.1, -0.05) is 28.1 Å². The number of aromatic nitrogens is 2. The van der Waals surface area contributed by atoms with Crippen LogP contribution in [0.15, 0.2) is 41.0 Å². The molecule has 0 fully saturated rings. The van der Waals surface area contributed by atoms with E-state index in [4.69, 9.17) is 0 Å². The zero-order chi connectivity index (χ0) is 11.5. The van der Waals surface area contributed by atoms with E-state index in [0.717, 1.165) is 10.0 Å². The minimum absolute atomic E-state index is 0.0816. The van der Waals surface area contributed by atoms with Crippen LogP contribution in [0.4, 0.5) is 0 Å². The Labute approximate surface area is 102 Å². The first kappa shape index (κ1) is 11.1. The molecule has 16 heavy (non-hydrogen) atoms. The number of hydrogen-bond acceptors (Lipinski definition) is 2. The van der Waals surface area contributed by atoms with Crippen LogP contribution in [0.2, 0.25) is 0 Å². The lowest BCUT2D eigenvalue weighted by atomic mass is 10.1. The van der Waals surface area contributed by atoms with Crippen LogP contribution in [-0.4, -0.2) is 15.6 Å². The lowest BCUT2D eigenvalue weighted by Gasteiger charge is -2.02. The first-order valence-electron chi connectivity index (χ1n) is 4.92. The highest BCUT2D eigenvalue weighted by Crippen LogP contribution is 2.13. The zero-order valence-electron chi connectivity index (χ0n) is 8.85. The molecule has 0 amide bonds. The number of ketones is 1. The zero-order valence-corrected chi connectivity index (χ0v) is 10.4. The molecular formula is C12H11BrN2O. The van der Waals surface area contributed by atoms with Crippen molar-refractivity contribution in [2.75, 3.05) is 0 Å². The predicted octanol–water partition coefficient (Wildman–Crippen LogP) is 2.61. The number of aryl methyl sites for hydroxylation is 1. The molecule has 2 aromatic rings. The van der Waals surface area contributed by atoms with Crippen LogP contribution in [0, 0.1) is 0 Å². The van der Waals surface area contributed by atoms with Crippen LogP contribution >= 0.6 is 15.9 Å². The monoisotopic (exact) mass is 278 g/mol. The highest BCUT2D eigenvalue weighted by atomic mass is 79.9. The maximum absolute atomic E-state index is 11.9. The van der Waals surface area contributed by atoms with Gasteiger partial charge in [0, 0.05) is 24.1 Å². The van der Waals surface area contributed by atoms with Crippen molar-refractivity contribution in [2.45, 2.75) is 6.42 Å². The Kier molecular flexibility index (Phi) is 3.19. The summed E-state index contributed by atoms with van der Waals surface area (Å²) in [5.41, 5.74) is 1.64. The summed E-state index contributed by atoms with van der Waals surface area (Å²) in [6, 6.07) is 9.50. The Hall–Kier alpha value is -1.42. The van der Waals surface area contributed by atoms with Gasteiger partial charge in [-0.3, -0.25) is 9.48 Å². The molecule has 0 unspecified atom stereocenters. The quantitative estimate of drug-likeness (QED) is 0.809. The number of rotatable bonds is 3. The summed E-state index contributed by atoms with van der Waals surface area (Å²) in [6.45, 7) is 0. The summed E-state index contributed by atoms with van der Waals surface area (Å²) in [6.07, 6.45) is 2.03. The molecule has 0 saturated carbocycles. The maximum atomic E-state index is 11.9. The second-order valence-corrected chi connectivity index (χ2v) is 4.49. The number of carbonyl (C=O) groups is 1. The molecule has 1 aromatic carbocycles. The maximum Gasteiger partial charge on any atom is 0.185 e. The van der Waals surface area contributed by atoms with Gasteiger partial charge in [-0.25, -0.2) is 0 Å². The summed E-state index contributed by atoms with van der Waals surface area (Å²) in [7, 11) is 1.77. The van der Waals surface area contributed by atoms with E-state index in [-0.39, 0.29) is 5.78 Å². The molecule has 2 rings (SSSR count). The van der Waals surface area contributed by atoms with Crippen molar-refractivity contribution in [2.24, 2.45) is 7.05 Å². The number of nitrogens with zero attached hydrogens (tertiary/aromatic N) is 2. The van der Waals surface area contributed by atoms with Crippen LogP contribution in [-0.2, 0) is 13.5 Å². The van der Waals surface area contributed by atoms with Gasteiger partial charge in [0.25, 0.3) is 0 Å². The standard InChI is InChI=1S/C12H11BrN2O/c1-15-11(5-6-14-15)12(16)8-9-3-2-4-10(13)7-9/h2-7H,8H2,1H3. The molecular weight excluding hydrogens is 268 g/mol. The van der Waals surface area contributed by atoms with Gasteiger partial charge in [0.1, 0.15) is 5.69 Å². The lowest BCUT2D eigenvalue weighted by Crippen LogP contribution is -2.09. The van der Waals surface area contributed by atoms with E-state index in [2.05, 4.69) is 21.0 Å². The first-order valence-corrected chi connectivity index (χ1v) is 5.72. The molecule has 0 spiro atoms. The fraction of sp³-hybridized carbons (Fsp3) is 0.167. The summed E-state index contributed by atoms with van der Waals surface area (Å²) in [5.74, 6) is 0.0816. The molecule has 0 N–H and O–H groups in total. The Balaban J connectivity index is 2.17. The first-order chi connectivity index (χ1) is 7.66. The SMILES string of the molecule is Cn1nccc1C(=O)Cc1cccc(Br)c1. The molecule has 4 heteroatoms. The van der Waals surface area contributed by atoms with Gasteiger partial charge in [0.05, 0.1) is 0 Å². The second-order valence-electron chi connectivity index (χ2n) is 3.57. The third-order valence-corrected chi connectivity index (χ3v) is 2.85. The van der Waals surface area contributed by atoms with Crippen molar-refractivity contribution in [3.05, 3.63) is 52.3 Å². The van der Waals surface area contributed by atoms with E-state index in [1.165, 1.54) is 0 Å². The minimum atomic E-state index is 0.0816. The van der Waals surface area contributed by atoms with Gasteiger partial charge in [-0.15, -0.1) is 0 Å². The third-order valence-electron chi connectivity index (χ3n) is 2.36. The number of carbonyl (C=O) groups excluding carboxylic acids is 1. The van der Waals surface area contributed by atoms with E-state index in [1.54, 1.807) is 24.0 Å². The van der Waals surface area contributed by atoms with Gasteiger partial charge in [0.15, 0.2) is 5.78 Å². The van der Waals surface area contributed by atoms with Crippen LogP contribution in [0.5, 0.6) is 0 Å². The van der Waals surface area contributed by atoms with E-state index in [9.17, 15) is 4.79 Å². The van der Waals surface area contributed by atoms with Crippen molar-refractivity contribution in [1.29, 1.82) is 0 Å². The Morgan fingerprint density at radius 2 is 2.25 bits per heavy atom. The molecule has 1 aromatic heterocycles. The van der Waals surface area contributed by atoms with Crippen molar-refractivity contribution in [3.8, 4) is 0 Å². The van der Waals surface area contributed by atoms with Crippen LogP contribution < -0.4 is 0 Å². The Morgan fingerprint density at radius 3 is 2.88 bits per heavy atom. The lowest BCUT2D eigenvalue weighted by molar-refractivity contribution is 0.0984. The number of Topliss-reactive ketones (excluding diaryl/α,β-unsaturated/α-hetero) is 1. The molecule has 0 aliphatic rings. The summed E-state index contributed by atoms with van der Waals surface area (Å²) >= 11 is 3.39. The predicted molar refractivity (Wildman–Crippen MR) is 65.4 cm³/mol. The number of benzene rings is 1. The summed E-state index contributed by atoms with van der Waals surface area (Å²) in [4.78, 5) is 11.9.